The summed E-state index contributed by atoms with van der Waals surface area (Å²) in [5.74, 6) is -1.93. The predicted octanol–water partition coefficient (Wildman–Crippen LogP) is 3.28. The molecule has 0 radical (unpaired) electrons. The second-order valence-electron chi connectivity index (χ2n) is 8.18. The predicted molar refractivity (Wildman–Crippen MR) is 115 cm³/mol. The van der Waals surface area contributed by atoms with E-state index in [0.717, 1.165) is 28.7 Å². The molecule has 2 aliphatic carbocycles. The monoisotopic (exact) mass is 422 g/mol. The number of benzene rings is 2. The van der Waals surface area contributed by atoms with Crippen LogP contribution in [0.1, 0.15) is 43.2 Å². The van der Waals surface area contributed by atoms with Gasteiger partial charge in [-0.2, -0.15) is 0 Å². The zero-order valence-electron chi connectivity index (χ0n) is 17.3. The lowest BCUT2D eigenvalue weighted by Gasteiger charge is -2.22. The van der Waals surface area contributed by atoms with Gasteiger partial charge in [-0.1, -0.05) is 55.0 Å². The van der Waals surface area contributed by atoms with E-state index in [-0.39, 0.29) is 24.5 Å². The number of carbonyl (C=O) groups is 3. The fraction of sp³-hybridized carbons (Fsp3) is 0.375. The highest BCUT2D eigenvalue weighted by molar-refractivity contribution is 5.86. The van der Waals surface area contributed by atoms with E-state index in [1.54, 1.807) is 0 Å². The molecule has 0 saturated heterocycles. The standard InChI is InChI=1S/C24H26N2O5/c1-14(23(28)29)25-22(27)19-11-6-12-21(19)26-24(30)31-13-20-17-9-4-2-7-15(17)16-8-3-5-10-18(16)20/h2-5,7-10,14,19-21H,6,11-13H2,1H3,(H,25,27)(H,26,30)(H,28,29)/t14-,19+,21-/m0/s1. The van der Waals surface area contributed by atoms with Crippen molar-refractivity contribution in [3.63, 3.8) is 0 Å². The Bertz CT molecular complexity index is 959. The van der Waals surface area contributed by atoms with Crippen LogP contribution in [0.25, 0.3) is 11.1 Å². The first-order chi connectivity index (χ1) is 15.0. The first kappa shape index (κ1) is 20.9. The van der Waals surface area contributed by atoms with Crippen molar-refractivity contribution >= 4 is 18.0 Å². The normalized spacial score (nSPS) is 20.4. The summed E-state index contributed by atoms with van der Waals surface area (Å²) in [6, 6.07) is 14.9. The Hall–Kier alpha value is -3.35. The highest BCUT2D eigenvalue weighted by Crippen LogP contribution is 2.44. The van der Waals surface area contributed by atoms with Crippen molar-refractivity contribution in [2.75, 3.05) is 6.61 Å². The van der Waals surface area contributed by atoms with E-state index in [2.05, 4.69) is 34.9 Å². The number of rotatable bonds is 6. The lowest BCUT2D eigenvalue weighted by atomic mass is 9.98. The molecule has 0 unspecified atom stereocenters. The molecule has 0 aliphatic heterocycles. The van der Waals surface area contributed by atoms with Crippen molar-refractivity contribution in [3.05, 3.63) is 59.7 Å². The molecule has 31 heavy (non-hydrogen) atoms. The van der Waals surface area contributed by atoms with E-state index in [4.69, 9.17) is 9.84 Å². The van der Waals surface area contributed by atoms with Crippen LogP contribution >= 0.6 is 0 Å². The molecule has 0 bridgehead atoms. The van der Waals surface area contributed by atoms with Crippen LogP contribution in [0, 0.1) is 5.92 Å². The molecule has 4 rings (SSSR count). The first-order valence-corrected chi connectivity index (χ1v) is 10.6. The van der Waals surface area contributed by atoms with Gasteiger partial charge in [0.2, 0.25) is 5.91 Å². The molecule has 2 aromatic rings. The van der Waals surface area contributed by atoms with Gasteiger partial charge in [0.25, 0.3) is 0 Å². The lowest BCUT2D eigenvalue weighted by Crippen LogP contribution is -2.48. The molecule has 2 aromatic carbocycles. The van der Waals surface area contributed by atoms with Crippen LogP contribution in [-0.4, -0.2) is 41.8 Å². The highest BCUT2D eigenvalue weighted by Gasteiger charge is 2.36. The van der Waals surface area contributed by atoms with Crippen molar-refractivity contribution < 1.29 is 24.2 Å². The van der Waals surface area contributed by atoms with Crippen LogP contribution in [0.15, 0.2) is 48.5 Å². The van der Waals surface area contributed by atoms with E-state index in [1.807, 2.05) is 24.3 Å². The van der Waals surface area contributed by atoms with Gasteiger partial charge in [-0.15, -0.1) is 0 Å². The van der Waals surface area contributed by atoms with E-state index < -0.39 is 24.0 Å². The number of nitrogens with one attached hydrogen (secondary N) is 2. The zero-order valence-corrected chi connectivity index (χ0v) is 17.3. The van der Waals surface area contributed by atoms with Crippen molar-refractivity contribution in [1.29, 1.82) is 0 Å². The molecule has 2 aliphatic rings. The van der Waals surface area contributed by atoms with Gasteiger partial charge in [-0.3, -0.25) is 9.59 Å². The van der Waals surface area contributed by atoms with Crippen molar-refractivity contribution in [2.45, 2.75) is 44.2 Å². The Morgan fingerprint density at radius 3 is 2.26 bits per heavy atom. The second kappa shape index (κ2) is 8.79. The number of carboxylic acids is 1. The third-order valence-corrected chi connectivity index (χ3v) is 6.23. The zero-order chi connectivity index (χ0) is 22.0. The third-order valence-electron chi connectivity index (χ3n) is 6.23. The summed E-state index contributed by atoms with van der Waals surface area (Å²) in [5, 5.41) is 14.3. The minimum absolute atomic E-state index is 0.0303. The summed E-state index contributed by atoms with van der Waals surface area (Å²) in [7, 11) is 0. The average Bonchev–Trinajstić information content (AvgIpc) is 3.34. The average molecular weight is 422 g/mol. The molecule has 2 amide bonds. The SMILES string of the molecule is C[C@H](NC(=O)[C@@H]1CCC[C@@H]1NC(=O)OCC1c2ccccc2-c2ccccc21)C(=O)O. The molecule has 1 saturated carbocycles. The second-order valence-corrected chi connectivity index (χ2v) is 8.18. The van der Waals surface area contributed by atoms with E-state index in [1.165, 1.54) is 6.92 Å². The molecule has 1 fully saturated rings. The van der Waals surface area contributed by atoms with Gasteiger partial charge in [-0.05, 0) is 42.0 Å². The molecule has 0 aromatic heterocycles. The third kappa shape index (κ3) is 4.26. The summed E-state index contributed by atoms with van der Waals surface area (Å²) in [5.41, 5.74) is 4.59. The van der Waals surface area contributed by atoms with E-state index >= 15 is 0 Å². The molecule has 162 valence electrons. The Labute approximate surface area is 180 Å². The fourth-order valence-electron chi connectivity index (χ4n) is 4.62. The number of fused-ring (bicyclic) bond motifs is 3. The van der Waals surface area contributed by atoms with Crippen molar-refractivity contribution in [3.8, 4) is 11.1 Å². The topological polar surface area (TPSA) is 105 Å². The molecular weight excluding hydrogens is 396 g/mol. The summed E-state index contributed by atoms with van der Waals surface area (Å²) in [4.78, 5) is 35.9. The summed E-state index contributed by atoms with van der Waals surface area (Å²) in [6.45, 7) is 1.63. The van der Waals surface area contributed by atoms with Crippen molar-refractivity contribution in [1.82, 2.24) is 10.6 Å². The number of aliphatic carboxylic acids is 1. The van der Waals surface area contributed by atoms with E-state index in [0.29, 0.717) is 12.8 Å². The highest BCUT2D eigenvalue weighted by atomic mass is 16.5. The maximum absolute atomic E-state index is 12.5. The first-order valence-electron chi connectivity index (χ1n) is 10.6. The molecule has 3 atom stereocenters. The lowest BCUT2D eigenvalue weighted by molar-refractivity contribution is -0.142. The smallest absolute Gasteiger partial charge is 0.407 e. The van der Waals surface area contributed by atoms with Gasteiger partial charge in [0.15, 0.2) is 0 Å². The number of hydrogen-bond donors (Lipinski definition) is 3. The number of amides is 2. The quantitative estimate of drug-likeness (QED) is 0.663. The van der Waals surface area contributed by atoms with Gasteiger partial charge in [0, 0.05) is 12.0 Å². The van der Waals surface area contributed by atoms with Gasteiger partial charge < -0.3 is 20.5 Å². The molecule has 7 nitrogen and oxygen atoms in total. The van der Waals surface area contributed by atoms with Gasteiger partial charge in [-0.25, -0.2) is 4.79 Å². The Kier molecular flexibility index (Phi) is 5.93. The summed E-state index contributed by atoms with van der Waals surface area (Å²) in [6.07, 6.45) is 1.49. The minimum Gasteiger partial charge on any atom is -0.480 e. The van der Waals surface area contributed by atoms with Gasteiger partial charge >= 0.3 is 12.1 Å². The molecule has 0 spiro atoms. The van der Waals surface area contributed by atoms with E-state index in [9.17, 15) is 14.4 Å². The maximum atomic E-state index is 12.5. The summed E-state index contributed by atoms with van der Waals surface area (Å²) < 4.78 is 5.57. The van der Waals surface area contributed by atoms with Crippen LogP contribution in [-0.2, 0) is 14.3 Å². The molecular formula is C24H26N2O5. The number of hydrogen-bond acceptors (Lipinski definition) is 4. The molecule has 0 heterocycles. The van der Waals surface area contributed by atoms with Crippen LogP contribution in [0.5, 0.6) is 0 Å². The number of carbonyl (C=O) groups excluding carboxylic acids is 2. The fourth-order valence-corrected chi connectivity index (χ4v) is 4.62. The largest absolute Gasteiger partial charge is 0.480 e. The van der Waals surface area contributed by atoms with Crippen LogP contribution in [0.2, 0.25) is 0 Å². The number of alkyl carbamates (subject to hydrolysis) is 1. The number of carboxylic acid groups (broad SMARTS) is 1. The van der Waals surface area contributed by atoms with Crippen molar-refractivity contribution in [2.24, 2.45) is 5.92 Å². The molecule has 7 heteroatoms. The van der Waals surface area contributed by atoms with Crippen LogP contribution in [0.4, 0.5) is 4.79 Å². The Morgan fingerprint density at radius 1 is 1.03 bits per heavy atom. The maximum Gasteiger partial charge on any atom is 0.407 e. The minimum atomic E-state index is -1.09. The Morgan fingerprint density at radius 2 is 1.65 bits per heavy atom. The van der Waals surface area contributed by atoms with Crippen LogP contribution in [0.3, 0.4) is 0 Å². The Balaban J connectivity index is 1.37. The molecule has 3 N–H and O–H groups in total. The van der Waals surface area contributed by atoms with Crippen LogP contribution < -0.4 is 10.6 Å². The van der Waals surface area contributed by atoms with Gasteiger partial charge in [0.05, 0.1) is 5.92 Å². The number of ether oxygens (including phenoxy) is 1. The summed E-state index contributed by atoms with van der Waals surface area (Å²) >= 11 is 0. The van der Waals surface area contributed by atoms with Gasteiger partial charge in [0.1, 0.15) is 12.6 Å².